The van der Waals surface area contributed by atoms with Crippen molar-refractivity contribution >= 4 is 22.8 Å². The molecule has 2 N–H and O–H groups in total. The molecule has 3 aromatic rings. The predicted molar refractivity (Wildman–Crippen MR) is 125 cm³/mol. The number of unbranched alkanes of at least 4 members (excludes halogenated alkanes) is 1. The molecule has 1 unspecified atom stereocenters. The zero-order valence-electron chi connectivity index (χ0n) is 19.3. The molecule has 176 valence electrons. The van der Waals surface area contributed by atoms with E-state index >= 15 is 0 Å². The lowest BCUT2D eigenvalue weighted by molar-refractivity contribution is -0.146. The Morgan fingerprint density at radius 2 is 2.09 bits per heavy atom. The number of esters is 1. The Balaban J connectivity index is 1.45. The van der Waals surface area contributed by atoms with Crippen molar-refractivity contribution in [2.45, 2.75) is 51.0 Å². The van der Waals surface area contributed by atoms with Crippen LogP contribution in [-0.2, 0) is 16.0 Å². The van der Waals surface area contributed by atoms with Gasteiger partial charge in [-0.15, -0.1) is 0 Å². The fourth-order valence-electron chi connectivity index (χ4n) is 4.14. The van der Waals surface area contributed by atoms with Crippen LogP contribution in [0.5, 0.6) is 0 Å². The van der Waals surface area contributed by atoms with Gasteiger partial charge < -0.3 is 24.4 Å². The van der Waals surface area contributed by atoms with Crippen LogP contribution in [0.1, 0.15) is 60.7 Å². The van der Waals surface area contributed by atoms with Gasteiger partial charge in [0.05, 0.1) is 12.8 Å². The van der Waals surface area contributed by atoms with Crippen molar-refractivity contribution in [1.29, 1.82) is 0 Å². The average molecular weight is 453 g/mol. The minimum absolute atomic E-state index is 0.118. The molecule has 3 heterocycles. The van der Waals surface area contributed by atoms with Crippen molar-refractivity contribution in [2.24, 2.45) is 0 Å². The third-order valence-corrected chi connectivity index (χ3v) is 6.16. The molecular formula is C25H32N4O4. The Labute approximate surface area is 193 Å². The summed E-state index contributed by atoms with van der Waals surface area (Å²) in [6.45, 7) is 4.32. The van der Waals surface area contributed by atoms with Gasteiger partial charge in [0.2, 0.25) is 5.76 Å². The summed E-state index contributed by atoms with van der Waals surface area (Å²) in [5.41, 5.74) is 1.83. The van der Waals surface area contributed by atoms with Gasteiger partial charge in [-0.1, -0.05) is 31.5 Å². The summed E-state index contributed by atoms with van der Waals surface area (Å²) in [6.07, 6.45) is 5.34. The Hall–Kier alpha value is -3.13. The third kappa shape index (κ3) is 5.82. The van der Waals surface area contributed by atoms with E-state index in [1.165, 1.54) is 6.20 Å². The highest BCUT2D eigenvalue weighted by Gasteiger charge is 2.28. The van der Waals surface area contributed by atoms with Crippen LogP contribution in [-0.4, -0.2) is 59.5 Å². The number of amides is 1. The van der Waals surface area contributed by atoms with Crippen LogP contribution < -0.4 is 5.32 Å². The summed E-state index contributed by atoms with van der Waals surface area (Å²) in [5, 5.41) is 3.85. The molecule has 4 rings (SSSR count). The fourth-order valence-corrected chi connectivity index (χ4v) is 4.14. The normalized spacial score (nSPS) is 16.1. The van der Waals surface area contributed by atoms with Gasteiger partial charge in [0, 0.05) is 23.5 Å². The molecule has 1 saturated heterocycles. The maximum Gasteiger partial charge on any atom is 0.329 e. The molecule has 0 spiro atoms. The van der Waals surface area contributed by atoms with Gasteiger partial charge in [-0.3, -0.25) is 4.79 Å². The van der Waals surface area contributed by atoms with Crippen molar-refractivity contribution in [3.05, 3.63) is 53.9 Å². The van der Waals surface area contributed by atoms with E-state index in [-0.39, 0.29) is 11.7 Å². The van der Waals surface area contributed by atoms with Crippen LogP contribution in [0.4, 0.5) is 0 Å². The maximum atomic E-state index is 12.9. The lowest BCUT2D eigenvalue weighted by atomic mass is 9.97. The number of carbonyl (C=O) groups is 2. The second-order valence-corrected chi connectivity index (χ2v) is 8.77. The van der Waals surface area contributed by atoms with Crippen LogP contribution in [0.15, 0.2) is 40.9 Å². The second-order valence-electron chi connectivity index (χ2n) is 8.77. The predicted octanol–water partition coefficient (Wildman–Crippen LogP) is 3.65. The van der Waals surface area contributed by atoms with Crippen LogP contribution in [0, 0.1) is 0 Å². The van der Waals surface area contributed by atoms with Crippen LogP contribution in [0.25, 0.3) is 10.9 Å². The first kappa shape index (κ1) is 23.0. The number of H-pyrrole nitrogens is 1. The van der Waals surface area contributed by atoms with Gasteiger partial charge in [-0.25, -0.2) is 9.78 Å². The van der Waals surface area contributed by atoms with Crippen LogP contribution in [0.2, 0.25) is 0 Å². The highest BCUT2D eigenvalue weighted by molar-refractivity contribution is 5.94. The number of nitrogens with one attached hydrogen (secondary N) is 2. The molecule has 1 amide bonds. The van der Waals surface area contributed by atoms with Crippen molar-refractivity contribution in [3.63, 3.8) is 0 Å². The molecule has 1 fully saturated rings. The van der Waals surface area contributed by atoms with Crippen molar-refractivity contribution < 1.29 is 18.7 Å². The Morgan fingerprint density at radius 3 is 2.85 bits per heavy atom. The SMILES string of the molecule is CCCCOC(=O)C(Cc1cc2ccccc2[nH]1)NC(=O)c1cnc(C2CCN(C)CC2)o1. The first-order valence-electron chi connectivity index (χ1n) is 11.7. The van der Waals surface area contributed by atoms with E-state index in [4.69, 9.17) is 9.15 Å². The molecule has 1 atom stereocenters. The monoisotopic (exact) mass is 452 g/mol. The summed E-state index contributed by atoms with van der Waals surface area (Å²) in [6, 6.07) is 9.04. The van der Waals surface area contributed by atoms with Crippen molar-refractivity contribution in [2.75, 3.05) is 26.7 Å². The number of fused-ring (bicyclic) bond motifs is 1. The minimum Gasteiger partial charge on any atom is -0.464 e. The molecule has 0 radical (unpaired) electrons. The summed E-state index contributed by atoms with van der Waals surface area (Å²) in [5.74, 6) is 0.00233. The van der Waals surface area contributed by atoms with E-state index in [0.717, 1.165) is 55.4 Å². The standard InChI is InChI=1S/C25H32N4O4/c1-3-4-13-32-25(31)21(15-19-14-18-7-5-6-8-20(18)27-19)28-23(30)22-16-26-24(33-22)17-9-11-29(2)12-10-17/h5-8,14,16-17,21,27H,3-4,9-13,15H2,1-2H3,(H,28,30). The number of aromatic nitrogens is 2. The largest absolute Gasteiger partial charge is 0.464 e. The van der Waals surface area contributed by atoms with E-state index in [9.17, 15) is 9.59 Å². The molecule has 1 aromatic carbocycles. The molecule has 0 aliphatic carbocycles. The Bertz CT molecular complexity index is 1050. The number of nitrogens with zero attached hydrogens (tertiary/aromatic N) is 2. The zero-order chi connectivity index (χ0) is 23.2. The van der Waals surface area contributed by atoms with Gasteiger partial charge in [-0.2, -0.15) is 0 Å². The number of benzene rings is 1. The van der Waals surface area contributed by atoms with Crippen molar-refractivity contribution in [1.82, 2.24) is 20.2 Å². The van der Waals surface area contributed by atoms with Gasteiger partial charge in [0.25, 0.3) is 5.91 Å². The molecule has 2 aromatic heterocycles. The van der Waals surface area contributed by atoms with E-state index in [1.54, 1.807) is 0 Å². The molecule has 8 heteroatoms. The van der Waals surface area contributed by atoms with Gasteiger partial charge >= 0.3 is 5.97 Å². The molecular weight excluding hydrogens is 420 g/mol. The topological polar surface area (TPSA) is 100 Å². The number of aromatic amines is 1. The number of para-hydroxylation sites is 1. The van der Waals surface area contributed by atoms with E-state index in [1.807, 2.05) is 37.3 Å². The number of hydrogen-bond donors (Lipinski definition) is 2. The van der Waals surface area contributed by atoms with Gasteiger partial charge in [0.15, 0.2) is 5.89 Å². The molecule has 33 heavy (non-hydrogen) atoms. The fraction of sp³-hybridized carbons (Fsp3) is 0.480. The number of carbonyl (C=O) groups excluding carboxylic acids is 2. The van der Waals surface area contributed by atoms with Crippen LogP contribution in [0.3, 0.4) is 0 Å². The van der Waals surface area contributed by atoms with E-state index in [0.29, 0.717) is 18.9 Å². The highest BCUT2D eigenvalue weighted by atomic mass is 16.5. The summed E-state index contributed by atoms with van der Waals surface area (Å²) < 4.78 is 11.2. The lowest BCUT2D eigenvalue weighted by Gasteiger charge is -2.26. The summed E-state index contributed by atoms with van der Waals surface area (Å²) >= 11 is 0. The number of oxazole rings is 1. The summed E-state index contributed by atoms with van der Waals surface area (Å²) in [7, 11) is 2.09. The van der Waals surface area contributed by atoms with Gasteiger partial charge in [-0.05, 0) is 56.9 Å². The molecule has 0 saturated carbocycles. The zero-order valence-corrected chi connectivity index (χ0v) is 19.3. The van der Waals surface area contributed by atoms with E-state index < -0.39 is 17.9 Å². The molecule has 8 nitrogen and oxygen atoms in total. The minimum atomic E-state index is -0.834. The second kappa shape index (κ2) is 10.7. The first-order valence-corrected chi connectivity index (χ1v) is 11.7. The number of likely N-dealkylation sites (tertiary alicyclic amines) is 1. The molecule has 1 aliphatic rings. The number of rotatable bonds is 9. The Kier molecular flexibility index (Phi) is 7.44. The maximum absolute atomic E-state index is 12.9. The number of piperidine rings is 1. The summed E-state index contributed by atoms with van der Waals surface area (Å²) in [4.78, 5) is 35.6. The lowest BCUT2D eigenvalue weighted by Crippen LogP contribution is -2.43. The number of ether oxygens (including phenoxy) is 1. The van der Waals surface area contributed by atoms with Gasteiger partial charge in [0.1, 0.15) is 6.04 Å². The average Bonchev–Trinajstić information content (AvgIpc) is 3.46. The highest BCUT2D eigenvalue weighted by Crippen LogP contribution is 2.27. The number of hydrogen-bond acceptors (Lipinski definition) is 6. The third-order valence-electron chi connectivity index (χ3n) is 6.16. The molecule has 0 bridgehead atoms. The smallest absolute Gasteiger partial charge is 0.329 e. The quantitative estimate of drug-likeness (QED) is 0.380. The van der Waals surface area contributed by atoms with E-state index in [2.05, 4.69) is 27.2 Å². The Morgan fingerprint density at radius 1 is 1.30 bits per heavy atom. The molecule has 1 aliphatic heterocycles. The first-order chi connectivity index (χ1) is 16.0. The van der Waals surface area contributed by atoms with Crippen molar-refractivity contribution in [3.8, 4) is 0 Å². The van der Waals surface area contributed by atoms with Crippen LogP contribution >= 0.6 is 0 Å².